The van der Waals surface area contributed by atoms with Gasteiger partial charge in [0.1, 0.15) is 10.6 Å². The van der Waals surface area contributed by atoms with Gasteiger partial charge in [-0.15, -0.1) is 11.3 Å². The lowest BCUT2D eigenvalue weighted by Gasteiger charge is -2.02. The van der Waals surface area contributed by atoms with Crippen molar-refractivity contribution >= 4 is 38.2 Å². The van der Waals surface area contributed by atoms with Gasteiger partial charge < -0.3 is 4.42 Å². The zero-order valence-electron chi connectivity index (χ0n) is 13.8. The van der Waals surface area contributed by atoms with Crippen LogP contribution in [0.2, 0.25) is 0 Å². The van der Waals surface area contributed by atoms with Crippen molar-refractivity contribution in [3.8, 4) is 10.6 Å². The molecule has 0 bridgehead atoms. The molecule has 0 aliphatic heterocycles. The number of thiazole rings is 1. The summed E-state index contributed by atoms with van der Waals surface area (Å²) >= 11 is 1.65. The second-order valence-electron chi connectivity index (χ2n) is 5.94. The molecule has 0 atom stereocenters. The normalized spacial score (nSPS) is 12.1. The molecule has 0 aliphatic carbocycles. The highest BCUT2D eigenvalue weighted by atomic mass is 32.1. The van der Waals surface area contributed by atoms with Gasteiger partial charge in [-0.05, 0) is 36.4 Å². The van der Waals surface area contributed by atoms with E-state index in [1.165, 1.54) is 0 Å². The van der Waals surface area contributed by atoms with Crippen molar-refractivity contribution in [1.29, 1.82) is 0 Å². The highest BCUT2D eigenvalue weighted by Gasteiger charge is 2.11. The number of hydrogen-bond acceptors (Lipinski definition) is 4. The van der Waals surface area contributed by atoms with E-state index in [2.05, 4.69) is 12.1 Å². The fourth-order valence-corrected chi connectivity index (χ4v) is 3.89. The van der Waals surface area contributed by atoms with E-state index in [0.29, 0.717) is 5.55 Å². The lowest BCUT2D eigenvalue weighted by Crippen LogP contribution is -2.05. The molecule has 3 nitrogen and oxygen atoms in total. The summed E-state index contributed by atoms with van der Waals surface area (Å²) in [5.74, 6) is 0. The van der Waals surface area contributed by atoms with Gasteiger partial charge in [0.05, 0.1) is 21.5 Å². The maximum atomic E-state index is 6.15. The molecule has 0 unspecified atom stereocenters. The van der Waals surface area contributed by atoms with Crippen LogP contribution >= 0.6 is 11.3 Å². The Hall–Kier alpha value is -3.24. The topological polar surface area (TPSA) is 38.4 Å². The highest BCUT2D eigenvalue weighted by molar-refractivity contribution is 7.21. The van der Waals surface area contributed by atoms with Crippen LogP contribution in [-0.4, -0.2) is 4.98 Å². The Morgan fingerprint density at radius 3 is 2.46 bits per heavy atom. The molecule has 0 fully saturated rings. The van der Waals surface area contributed by atoms with Crippen LogP contribution in [0, 0.1) is 0 Å². The summed E-state index contributed by atoms with van der Waals surface area (Å²) in [5.41, 5.74) is 4.15. The van der Waals surface area contributed by atoms with E-state index in [4.69, 9.17) is 14.4 Å². The number of benzene rings is 3. The van der Waals surface area contributed by atoms with E-state index in [0.717, 1.165) is 37.4 Å². The molecular formula is C22H14N2OS. The van der Waals surface area contributed by atoms with Crippen LogP contribution in [0.15, 0.2) is 94.3 Å². The lowest BCUT2D eigenvalue weighted by atomic mass is 10.2. The third-order valence-corrected chi connectivity index (χ3v) is 5.24. The van der Waals surface area contributed by atoms with E-state index >= 15 is 0 Å². The monoisotopic (exact) mass is 354 g/mol. The van der Waals surface area contributed by atoms with E-state index in [9.17, 15) is 0 Å². The fraction of sp³-hybridized carbons (Fsp3) is 0. The second kappa shape index (κ2) is 6.24. The van der Waals surface area contributed by atoms with Gasteiger partial charge in [0.2, 0.25) is 5.55 Å². The van der Waals surface area contributed by atoms with Crippen molar-refractivity contribution in [3.05, 3.63) is 90.5 Å². The largest absolute Gasteiger partial charge is 0.438 e. The van der Waals surface area contributed by atoms with Crippen molar-refractivity contribution in [1.82, 2.24) is 4.98 Å². The Kier molecular flexibility index (Phi) is 3.61. The summed E-state index contributed by atoms with van der Waals surface area (Å²) in [6.07, 6.45) is 0. The maximum absolute atomic E-state index is 6.15. The Bertz CT molecular complexity index is 1250. The van der Waals surface area contributed by atoms with E-state index in [1.807, 2.05) is 72.8 Å². The first-order chi connectivity index (χ1) is 12.9. The molecule has 26 heavy (non-hydrogen) atoms. The predicted molar refractivity (Wildman–Crippen MR) is 106 cm³/mol. The van der Waals surface area contributed by atoms with Gasteiger partial charge in [-0.3, -0.25) is 0 Å². The minimum atomic E-state index is 0.578. The molecular weight excluding hydrogens is 340 g/mol. The van der Waals surface area contributed by atoms with Crippen molar-refractivity contribution in [2.24, 2.45) is 4.99 Å². The number of fused-ring (bicyclic) bond motifs is 2. The average molecular weight is 354 g/mol. The highest BCUT2D eigenvalue weighted by Crippen LogP contribution is 2.30. The van der Waals surface area contributed by atoms with Crippen LogP contribution in [0.4, 0.5) is 5.69 Å². The van der Waals surface area contributed by atoms with E-state index in [1.54, 1.807) is 11.3 Å². The number of nitrogens with zero attached hydrogens (tertiary/aromatic N) is 2. The summed E-state index contributed by atoms with van der Waals surface area (Å²) in [4.78, 5) is 9.53. The van der Waals surface area contributed by atoms with Crippen LogP contribution < -0.4 is 5.55 Å². The fourth-order valence-electron chi connectivity index (χ4n) is 2.91. The summed E-state index contributed by atoms with van der Waals surface area (Å²) < 4.78 is 7.30. The summed E-state index contributed by atoms with van der Waals surface area (Å²) in [6, 6.07) is 28.1. The van der Waals surface area contributed by atoms with Gasteiger partial charge in [-0.25, -0.2) is 9.98 Å². The quantitative estimate of drug-likeness (QED) is 0.393. The zero-order valence-corrected chi connectivity index (χ0v) is 14.6. The second-order valence-corrected chi connectivity index (χ2v) is 6.97. The molecule has 3 aromatic carbocycles. The summed E-state index contributed by atoms with van der Waals surface area (Å²) in [7, 11) is 0. The number of rotatable bonds is 2. The number of hydrogen-bond donors (Lipinski definition) is 0. The Morgan fingerprint density at radius 2 is 1.58 bits per heavy atom. The van der Waals surface area contributed by atoms with E-state index < -0.39 is 0 Å². The molecule has 0 N–H and O–H groups in total. The molecule has 0 saturated carbocycles. The van der Waals surface area contributed by atoms with Crippen molar-refractivity contribution in [3.63, 3.8) is 0 Å². The van der Waals surface area contributed by atoms with Gasteiger partial charge in [0.15, 0.2) is 0 Å². The Balaban J connectivity index is 1.82. The molecule has 124 valence electrons. The van der Waals surface area contributed by atoms with Gasteiger partial charge in [-0.1, -0.05) is 48.5 Å². The summed E-state index contributed by atoms with van der Waals surface area (Å²) in [6.45, 7) is 0. The van der Waals surface area contributed by atoms with Crippen molar-refractivity contribution in [2.45, 2.75) is 0 Å². The first-order valence-corrected chi connectivity index (χ1v) is 9.17. The Labute approximate surface area is 153 Å². The van der Waals surface area contributed by atoms with Crippen LogP contribution in [-0.2, 0) is 0 Å². The number of aromatic nitrogens is 1. The molecule has 5 rings (SSSR count). The first kappa shape index (κ1) is 15.0. The third kappa shape index (κ3) is 2.70. The average Bonchev–Trinajstić information content (AvgIpc) is 3.12. The third-order valence-electron chi connectivity index (χ3n) is 4.17. The molecule has 2 heterocycles. The van der Waals surface area contributed by atoms with Crippen LogP contribution in [0.3, 0.4) is 0 Å². The minimum absolute atomic E-state index is 0.578. The molecule has 0 radical (unpaired) electrons. The van der Waals surface area contributed by atoms with Crippen molar-refractivity contribution in [2.75, 3.05) is 0 Å². The molecule has 5 aromatic rings. The number of para-hydroxylation sites is 3. The Morgan fingerprint density at radius 1 is 0.808 bits per heavy atom. The standard InChI is InChI=1S/C22H14N2OS/c1-2-9-16(10-3-1)23-21-17(14-15-8-4-6-12-19(15)25-21)22-24-18-11-5-7-13-20(18)26-22/h1-14H. The maximum Gasteiger partial charge on any atom is 0.230 e. The SMILES string of the molecule is c1ccc(N=c2oc3ccccc3cc2-c2nc3ccccc3s2)cc1. The van der Waals surface area contributed by atoms with Crippen LogP contribution in [0.1, 0.15) is 0 Å². The minimum Gasteiger partial charge on any atom is -0.438 e. The predicted octanol–water partition coefficient (Wildman–Crippen LogP) is 5.94. The molecule has 0 amide bonds. The van der Waals surface area contributed by atoms with Crippen LogP contribution in [0.25, 0.3) is 31.8 Å². The van der Waals surface area contributed by atoms with Crippen LogP contribution in [0.5, 0.6) is 0 Å². The molecule has 4 heteroatoms. The molecule has 0 saturated heterocycles. The van der Waals surface area contributed by atoms with Gasteiger partial charge in [0.25, 0.3) is 0 Å². The molecule has 0 aliphatic rings. The van der Waals surface area contributed by atoms with E-state index in [-0.39, 0.29) is 0 Å². The van der Waals surface area contributed by atoms with Gasteiger partial charge in [-0.2, -0.15) is 0 Å². The molecule has 0 spiro atoms. The lowest BCUT2D eigenvalue weighted by molar-refractivity contribution is 0.547. The first-order valence-electron chi connectivity index (χ1n) is 8.35. The van der Waals surface area contributed by atoms with Crippen molar-refractivity contribution < 1.29 is 4.42 Å². The van der Waals surface area contributed by atoms with Gasteiger partial charge in [0, 0.05) is 5.39 Å². The summed E-state index contributed by atoms with van der Waals surface area (Å²) in [5, 5.41) is 1.95. The molecule has 2 aromatic heterocycles. The smallest absolute Gasteiger partial charge is 0.230 e. The zero-order chi connectivity index (χ0) is 17.3. The van der Waals surface area contributed by atoms with Gasteiger partial charge >= 0.3 is 0 Å².